The number of nitrogens with zero attached hydrogens (tertiary/aromatic N) is 1. The van der Waals surface area contributed by atoms with Crippen molar-refractivity contribution in [3.05, 3.63) is 40.3 Å². The third-order valence-electron chi connectivity index (χ3n) is 2.87. The van der Waals surface area contributed by atoms with Crippen molar-refractivity contribution in [2.75, 3.05) is 11.3 Å². The molecular formula is C14H19N3O2S2. The Labute approximate surface area is 129 Å². The highest BCUT2D eigenvalue weighted by Gasteiger charge is 2.19. The standard InChI is InChI=1S/C14H19N3O2S2/c1-3-7-15-10-13-14(6-8-20-13)21(18,19)17-12-5-4-11(2)16-9-12/h4-6,8-9,15,17H,3,7,10H2,1-2H3. The van der Waals surface area contributed by atoms with Crippen molar-refractivity contribution < 1.29 is 8.42 Å². The maximum atomic E-state index is 12.4. The van der Waals surface area contributed by atoms with E-state index < -0.39 is 10.0 Å². The van der Waals surface area contributed by atoms with Crippen LogP contribution in [0.15, 0.2) is 34.7 Å². The maximum absolute atomic E-state index is 12.4. The van der Waals surface area contributed by atoms with Crippen LogP contribution in [0.4, 0.5) is 5.69 Å². The van der Waals surface area contributed by atoms with Crippen LogP contribution in [-0.2, 0) is 16.6 Å². The molecule has 0 saturated carbocycles. The van der Waals surface area contributed by atoms with Crippen molar-refractivity contribution in [2.24, 2.45) is 0 Å². The van der Waals surface area contributed by atoms with Gasteiger partial charge < -0.3 is 5.32 Å². The molecule has 0 aliphatic heterocycles. The summed E-state index contributed by atoms with van der Waals surface area (Å²) < 4.78 is 27.4. The van der Waals surface area contributed by atoms with Gasteiger partial charge in [-0.1, -0.05) is 6.92 Å². The van der Waals surface area contributed by atoms with Gasteiger partial charge in [-0.25, -0.2) is 8.42 Å². The highest BCUT2D eigenvalue weighted by molar-refractivity contribution is 7.93. The zero-order valence-corrected chi connectivity index (χ0v) is 13.7. The Hall–Kier alpha value is -1.44. The number of nitrogens with one attached hydrogen (secondary N) is 2. The van der Waals surface area contributed by atoms with E-state index in [2.05, 4.69) is 21.9 Å². The number of sulfonamides is 1. The minimum absolute atomic E-state index is 0.330. The molecule has 2 N–H and O–H groups in total. The highest BCUT2D eigenvalue weighted by Crippen LogP contribution is 2.24. The van der Waals surface area contributed by atoms with E-state index in [-0.39, 0.29) is 0 Å². The normalized spacial score (nSPS) is 11.5. The molecule has 21 heavy (non-hydrogen) atoms. The van der Waals surface area contributed by atoms with Gasteiger partial charge in [0.15, 0.2) is 0 Å². The second-order valence-corrected chi connectivity index (χ2v) is 7.33. The molecule has 0 aromatic carbocycles. The number of hydrogen-bond donors (Lipinski definition) is 2. The molecule has 2 aromatic rings. The Morgan fingerprint density at radius 3 is 2.76 bits per heavy atom. The van der Waals surface area contributed by atoms with Crippen molar-refractivity contribution >= 4 is 27.0 Å². The summed E-state index contributed by atoms with van der Waals surface area (Å²) in [5, 5.41) is 5.02. The summed E-state index contributed by atoms with van der Waals surface area (Å²) in [6.07, 6.45) is 2.54. The minimum Gasteiger partial charge on any atom is -0.312 e. The van der Waals surface area contributed by atoms with Gasteiger partial charge in [-0.3, -0.25) is 9.71 Å². The molecule has 2 rings (SSSR count). The average molecular weight is 325 g/mol. The molecule has 0 fully saturated rings. The van der Waals surface area contributed by atoms with Gasteiger partial charge in [0.05, 0.1) is 11.9 Å². The third-order valence-corrected chi connectivity index (χ3v) is 5.39. The monoisotopic (exact) mass is 325 g/mol. The first-order valence-electron chi connectivity index (χ1n) is 6.75. The Morgan fingerprint density at radius 2 is 2.10 bits per heavy atom. The first-order valence-corrected chi connectivity index (χ1v) is 9.12. The zero-order valence-electron chi connectivity index (χ0n) is 12.1. The Bertz CT molecular complexity index is 678. The first kappa shape index (κ1) is 15.9. The molecule has 0 aliphatic carbocycles. The number of pyridine rings is 1. The number of rotatable bonds is 7. The molecule has 7 heteroatoms. The fraction of sp³-hybridized carbons (Fsp3) is 0.357. The average Bonchev–Trinajstić information content (AvgIpc) is 2.91. The minimum atomic E-state index is -3.57. The quantitative estimate of drug-likeness (QED) is 0.768. The van der Waals surface area contributed by atoms with E-state index in [0.717, 1.165) is 23.5 Å². The molecule has 2 heterocycles. The fourth-order valence-corrected chi connectivity index (χ4v) is 4.27. The molecule has 0 bridgehead atoms. The number of aromatic nitrogens is 1. The van der Waals surface area contributed by atoms with E-state index in [0.29, 0.717) is 17.1 Å². The van der Waals surface area contributed by atoms with Crippen LogP contribution in [0.1, 0.15) is 23.9 Å². The zero-order chi connectivity index (χ0) is 15.3. The lowest BCUT2D eigenvalue weighted by molar-refractivity contribution is 0.599. The second-order valence-electron chi connectivity index (χ2n) is 4.68. The lowest BCUT2D eigenvalue weighted by atomic mass is 10.4. The molecule has 114 valence electrons. The van der Waals surface area contributed by atoms with E-state index in [1.54, 1.807) is 23.6 Å². The molecule has 0 spiro atoms. The SMILES string of the molecule is CCCNCc1sccc1S(=O)(=O)Nc1ccc(C)nc1. The van der Waals surface area contributed by atoms with Crippen molar-refractivity contribution in [2.45, 2.75) is 31.7 Å². The molecular weight excluding hydrogens is 306 g/mol. The topological polar surface area (TPSA) is 71.1 Å². The molecule has 0 amide bonds. The van der Waals surface area contributed by atoms with Gasteiger partial charge in [-0.15, -0.1) is 11.3 Å². The van der Waals surface area contributed by atoms with Gasteiger partial charge in [-0.2, -0.15) is 0 Å². The summed E-state index contributed by atoms with van der Waals surface area (Å²) in [6.45, 7) is 5.36. The van der Waals surface area contributed by atoms with E-state index in [1.807, 2.05) is 6.92 Å². The third kappa shape index (κ3) is 4.26. The molecule has 5 nitrogen and oxygen atoms in total. The highest BCUT2D eigenvalue weighted by atomic mass is 32.2. The van der Waals surface area contributed by atoms with E-state index in [4.69, 9.17) is 0 Å². The predicted molar refractivity (Wildman–Crippen MR) is 86.1 cm³/mol. The van der Waals surface area contributed by atoms with Crippen LogP contribution in [0.25, 0.3) is 0 Å². The van der Waals surface area contributed by atoms with Crippen molar-refractivity contribution in [3.8, 4) is 0 Å². The smallest absolute Gasteiger partial charge is 0.263 e. The number of hydrogen-bond acceptors (Lipinski definition) is 5. The number of thiophene rings is 1. The molecule has 0 unspecified atom stereocenters. The van der Waals surface area contributed by atoms with Crippen LogP contribution in [0.5, 0.6) is 0 Å². The van der Waals surface area contributed by atoms with Crippen molar-refractivity contribution in [3.63, 3.8) is 0 Å². The molecule has 0 atom stereocenters. The molecule has 2 aromatic heterocycles. The predicted octanol–water partition coefficient (Wildman–Crippen LogP) is 2.75. The molecule has 0 saturated heterocycles. The van der Waals surface area contributed by atoms with Gasteiger partial charge in [0.2, 0.25) is 0 Å². The van der Waals surface area contributed by atoms with Gasteiger partial charge >= 0.3 is 0 Å². The van der Waals surface area contributed by atoms with Crippen LogP contribution in [0.3, 0.4) is 0 Å². The Kier molecular flexibility index (Phi) is 5.33. The van der Waals surface area contributed by atoms with E-state index >= 15 is 0 Å². The summed E-state index contributed by atoms with van der Waals surface area (Å²) >= 11 is 1.44. The summed E-state index contributed by atoms with van der Waals surface area (Å²) in [5.74, 6) is 0. The van der Waals surface area contributed by atoms with Crippen molar-refractivity contribution in [1.29, 1.82) is 0 Å². The van der Waals surface area contributed by atoms with Gasteiger partial charge in [0.1, 0.15) is 4.90 Å². The lowest BCUT2D eigenvalue weighted by Gasteiger charge is -2.09. The molecule has 0 aliphatic rings. The summed E-state index contributed by atoms with van der Waals surface area (Å²) in [4.78, 5) is 5.24. The van der Waals surface area contributed by atoms with Gasteiger partial charge in [0, 0.05) is 17.1 Å². The van der Waals surface area contributed by atoms with Gasteiger partial charge in [-0.05, 0) is 43.5 Å². The summed E-state index contributed by atoms with van der Waals surface area (Å²) in [6, 6.07) is 5.12. The van der Waals surface area contributed by atoms with Gasteiger partial charge in [0.25, 0.3) is 10.0 Å². The largest absolute Gasteiger partial charge is 0.312 e. The fourth-order valence-electron chi connectivity index (χ4n) is 1.81. The summed E-state index contributed by atoms with van der Waals surface area (Å²) in [5.41, 5.74) is 1.32. The van der Waals surface area contributed by atoms with Crippen LogP contribution in [-0.4, -0.2) is 19.9 Å². The van der Waals surface area contributed by atoms with Crippen LogP contribution >= 0.6 is 11.3 Å². The summed E-state index contributed by atoms with van der Waals surface area (Å²) in [7, 11) is -3.57. The maximum Gasteiger partial charge on any atom is 0.263 e. The first-order chi connectivity index (χ1) is 10.0. The lowest BCUT2D eigenvalue weighted by Crippen LogP contribution is -2.18. The second kappa shape index (κ2) is 7.02. The van der Waals surface area contributed by atoms with Crippen LogP contribution < -0.4 is 10.0 Å². The number of aryl methyl sites for hydroxylation is 1. The Balaban J connectivity index is 2.16. The van der Waals surface area contributed by atoms with Crippen molar-refractivity contribution in [1.82, 2.24) is 10.3 Å². The Morgan fingerprint density at radius 1 is 1.29 bits per heavy atom. The number of anilines is 1. The molecule has 0 radical (unpaired) electrons. The van der Waals surface area contributed by atoms with Crippen LogP contribution in [0, 0.1) is 6.92 Å². The van der Waals surface area contributed by atoms with Crippen LogP contribution in [0.2, 0.25) is 0 Å². The van der Waals surface area contributed by atoms with E-state index in [9.17, 15) is 8.42 Å². The van der Waals surface area contributed by atoms with E-state index in [1.165, 1.54) is 17.5 Å².